The lowest BCUT2D eigenvalue weighted by molar-refractivity contribution is -0.122. The van der Waals surface area contributed by atoms with E-state index in [-0.39, 0.29) is 45.5 Å². The molecule has 21 heavy (non-hydrogen) atoms. The van der Waals surface area contributed by atoms with Crippen molar-refractivity contribution in [2.75, 3.05) is 18.8 Å². The molecule has 1 amide bonds. The van der Waals surface area contributed by atoms with Gasteiger partial charge in [-0.05, 0) is 25.0 Å². The summed E-state index contributed by atoms with van der Waals surface area (Å²) < 4.78 is 26.6. The highest BCUT2D eigenvalue weighted by Crippen LogP contribution is 2.32. The number of carbonyl (C=O) groups excluding carboxylic acids is 1. The van der Waals surface area contributed by atoms with E-state index in [2.05, 4.69) is 10.0 Å². The zero-order valence-electron chi connectivity index (χ0n) is 11.0. The lowest BCUT2D eigenvalue weighted by Crippen LogP contribution is -2.35. The van der Waals surface area contributed by atoms with Crippen LogP contribution < -0.4 is 15.8 Å². The molecule has 1 fully saturated rings. The second-order valence-corrected chi connectivity index (χ2v) is 7.26. The van der Waals surface area contributed by atoms with Gasteiger partial charge in [-0.3, -0.25) is 4.79 Å². The van der Waals surface area contributed by atoms with E-state index in [1.165, 1.54) is 12.1 Å². The third-order valence-corrected chi connectivity index (χ3v) is 5.40. The fourth-order valence-corrected chi connectivity index (χ4v) is 3.49. The van der Waals surface area contributed by atoms with Crippen LogP contribution in [-0.4, -0.2) is 27.4 Å². The number of sulfonamides is 1. The highest BCUT2D eigenvalue weighted by Gasteiger charge is 2.29. The number of hydrogen-bond donors (Lipinski definition) is 3. The number of halogens is 2. The van der Waals surface area contributed by atoms with Crippen LogP contribution in [0, 0.1) is 5.92 Å². The van der Waals surface area contributed by atoms with E-state index in [4.69, 9.17) is 28.9 Å². The van der Waals surface area contributed by atoms with E-state index in [1.807, 2.05) is 0 Å². The molecule has 116 valence electrons. The van der Waals surface area contributed by atoms with Crippen molar-refractivity contribution in [2.45, 2.75) is 17.7 Å². The van der Waals surface area contributed by atoms with Crippen LogP contribution in [0.2, 0.25) is 10.0 Å². The zero-order valence-corrected chi connectivity index (χ0v) is 13.4. The maximum absolute atomic E-state index is 12.1. The van der Waals surface area contributed by atoms with Crippen LogP contribution in [-0.2, 0) is 14.8 Å². The van der Waals surface area contributed by atoms with E-state index in [0.717, 1.165) is 12.8 Å². The van der Waals surface area contributed by atoms with Gasteiger partial charge in [0.25, 0.3) is 0 Å². The summed E-state index contributed by atoms with van der Waals surface area (Å²) in [5.41, 5.74) is 5.62. The molecule has 0 atom stereocenters. The normalized spacial score (nSPS) is 15.0. The third-order valence-electron chi connectivity index (χ3n) is 3.05. The second-order valence-electron chi connectivity index (χ2n) is 4.74. The summed E-state index contributed by atoms with van der Waals surface area (Å²) in [7, 11) is -3.80. The predicted molar refractivity (Wildman–Crippen MR) is 81.8 cm³/mol. The maximum atomic E-state index is 12.1. The molecule has 4 N–H and O–H groups in total. The second kappa shape index (κ2) is 6.39. The van der Waals surface area contributed by atoms with Crippen molar-refractivity contribution in [1.82, 2.24) is 10.0 Å². The summed E-state index contributed by atoms with van der Waals surface area (Å²) in [6, 6.07) is 2.65. The van der Waals surface area contributed by atoms with Crippen LogP contribution in [0.1, 0.15) is 12.8 Å². The SMILES string of the molecule is Nc1c(Cl)ccc(S(=O)(=O)NCCNC(=O)C2CC2)c1Cl. The Labute approximate surface area is 133 Å². The Bertz CT molecular complexity index is 660. The first kappa shape index (κ1) is 16.4. The molecule has 0 heterocycles. The van der Waals surface area contributed by atoms with Crippen LogP contribution >= 0.6 is 23.2 Å². The smallest absolute Gasteiger partial charge is 0.242 e. The van der Waals surface area contributed by atoms with Gasteiger partial charge in [-0.2, -0.15) is 0 Å². The van der Waals surface area contributed by atoms with Crippen molar-refractivity contribution in [3.05, 3.63) is 22.2 Å². The van der Waals surface area contributed by atoms with Crippen molar-refractivity contribution >= 4 is 44.8 Å². The molecule has 0 radical (unpaired) electrons. The number of anilines is 1. The number of nitrogens with two attached hydrogens (primary N) is 1. The first-order chi connectivity index (χ1) is 9.83. The Morgan fingerprint density at radius 1 is 1.29 bits per heavy atom. The van der Waals surface area contributed by atoms with E-state index in [0.29, 0.717) is 0 Å². The van der Waals surface area contributed by atoms with Crippen LogP contribution in [0.15, 0.2) is 17.0 Å². The predicted octanol–water partition coefficient (Wildman–Crippen LogP) is 1.38. The topological polar surface area (TPSA) is 101 Å². The molecule has 2 rings (SSSR count). The number of hydrogen-bond acceptors (Lipinski definition) is 4. The molecule has 0 bridgehead atoms. The van der Waals surface area contributed by atoms with Crippen molar-refractivity contribution in [3.63, 3.8) is 0 Å². The number of amides is 1. The lowest BCUT2D eigenvalue weighted by atomic mass is 10.3. The van der Waals surface area contributed by atoms with Crippen molar-refractivity contribution < 1.29 is 13.2 Å². The third kappa shape index (κ3) is 4.00. The van der Waals surface area contributed by atoms with Crippen molar-refractivity contribution in [3.8, 4) is 0 Å². The Hall–Kier alpha value is -1.02. The monoisotopic (exact) mass is 351 g/mol. The van der Waals surface area contributed by atoms with Gasteiger partial charge in [0, 0.05) is 19.0 Å². The molecule has 1 aliphatic carbocycles. The van der Waals surface area contributed by atoms with E-state index in [9.17, 15) is 13.2 Å². The van der Waals surface area contributed by atoms with Gasteiger partial charge in [0.15, 0.2) is 0 Å². The van der Waals surface area contributed by atoms with Gasteiger partial charge in [-0.25, -0.2) is 13.1 Å². The maximum Gasteiger partial charge on any atom is 0.242 e. The summed E-state index contributed by atoms with van der Waals surface area (Å²) in [4.78, 5) is 11.3. The molecule has 0 spiro atoms. The lowest BCUT2D eigenvalue weighted by Gasteiger charge is -2.11. The zero-order chi connectivity index (χ0) is 15.6. The van der Waals surface area contributed by atoms with Gasteiger partial charge < -0.3 is 11.1 Å². The molecule has 1 aromatic carbocycles. The number of benzene rings is 1. The first-order valence-electron chi connectivity index (χ1n) is 6.34. The fraction of sp³-hybridized carbons (Fsp3) is 0.417. The standard InChI is InChI=1S/C12H15Cl2N3O3S/c13-8-3-4-9(10(14)11(8)15)21(19,20)17-6-5-16-12(18)7-1-2-7/h3-4,7,17H,1-2,5-6,15H2,(H,16,18). The van der Waals surface area contributed by atoms with E-state index in [1.54, 1.807) is 0 Å². The van der Waals surface area contributed by atoms with E-state index < -0.39 is 10.0 Å². The first-order valence-corrected chi connectivity index (χ1v) is 8.57. The molecule has 1 aliphatic rings. The van der Waals surface area contributed by atoms with Gasteiger partial charge in [-0.1, -0.05) is 23.2 Å². The van der Waals surface area contributed by atoms with E-state index >= 15 is 0 Å². The molecule has 1 saturated carbocycles. The molecule has 0 aliphatic heterocycles. The Morgan fingerprint density at radius 3 is 2.57 bits per heavy atom. The highest BCUT2D eigenvalue weighted by atomic mass is 35.5. The average Bonchev–Trinajstić information content (AvgIpc) is 3.25. The fourth-order valence-electron chi connectivity index (χ4n) is 1.70. The van der Waals surface area contributed by atoms with Crippen LogP contribution in [0.4, 0.5) is 5.69 Å². The largest absolute Gasteiger partial charge is 0.396 e. The molecule has 0 unspecified atom stereocenters. The summed E-state index contributed by atoms with van der Waals surface area (Å²) in [5.74, 6) is 0.0510. The van der Waals surface area contributed by atoms with Crippen LogP contribution in [0.3, 0.4) is 0 Å². The molecule has 6 nitrogen and oxygen atoms in total. The summed E-state index contributed by atoms with van der Waals surface area (Å²) >= 11 is 11.7. The minimum absolute atomic E-state index is 0.0169. The summed E-state index contributed by atoms with van der Waals surface area (Å²) in [6.45, 7) is 0.287. The molecular formula is C12H15Cl2N3O3S. The molecule has 9 heteroatoms. The Balaban J connectivity index is 1.95. The minimum Gasteiger partial charge on any atom is -0.396 e. The molecular weight excluding hydrogens is 337 g/mol. The van der Waals surface area contributed by atoms with Crippen LogP contribution in [0.5, 0.6) is 0 Å². The highest BCUT2D eigenvalue weighted by molar-refractivity contribution is 7.89. The number of carbonyl (C=O) groups is 1. The van der Waals surface area contributed by atoms with Gasteiger partial charge in [0.05, 0.1) is 15.7 Å². The minimum atomic E-state index is -3.80. The number of nitrogens with one attached hydrogen (secondary N) is 2. The quantitative estimate of drug-likeness (QED) is 0.532. The molecule has 0 saturated heterocycles. The summed E-state index contributed by atoms with van der Waals surface area (Å²) in [6.07, 6.45) is 1.80. The Morgan fingerprint density at radius 2 is 1.95 bits per heavy atom. The van der Waals surface area contributed by atoms with Crippen molar-refractivity contribution in [2.24, 2.45) is 5.92 Å². The van der Waals surface area contributed by atoms with Gasteiger partial charge in [0.2, 0.25) is 15.9 Å². The van der Waals surface area contributed by atoms with Crippen molar-refractivity contribution in [1.29, 1.82) is 0 Å². The van der Waals surface area contributed by atoms with Crippen LogP contribution in [0.25, 0.3) is 0 Å². The van der Waals surface area contributed by atoms with Gasteiger partial charge >= 0.3 is 0 Å². The molecule has 1 aromatic rings. The van der Waals surface area contributed by atoms with Gasteiger partial charge in [0.1, 0.15) is 4.90 Å². The summed E-state index contributed by atoms with van der Waals surface area (Å²) in [5, 5.41) is 2.74. The number of nitrogen functional groups attached to an aromatic ring is 1. The average molecular weight is 352 g/mol. The number of rotatable bonds is 6. The molecule has 0 aromatic heterocycles. The Kier molecular flexibility index (Phi) is 4.98. The van der Waals surface area contributed by atoms with Gasteiger partial charge in [-0.15, -0.1) is 0 Å².